The number of para-hydroxylation sites is 1. The first kappa shape index (κ1) is 17.8. The van der Waals surface area contributed by atoms with Crippen LogP contribution in [-0.4, -0.2) is 36.1 Å². The molecule has 0 spiro atoms. The van der Waals surface area contributed by atoms with Gasteiger partial charge in [-0.05, 0) is 43.2 Å². The van der Waals surface area contributed by atoms with Gasteiger partial charge in [-0.3, -0.25) is 9.78 Å². The number of nitrogens with zero attached hydrogens (tertiary/aromatic N) is 2. The Morgan fingerprint density at radius 3 is 2.46 bits per heavy atom. The van der Waals surface area contributed by atoms with Gasteiger partial charge < -0.3 is 14.4 Å². The predicted molar refractivity (Wildman–Crippen MR) is 93.4 cm³/mol. The normalized spacial score (nSPS) is 11.7. The van der Waals surface area contributed by atoms with Crippen LogP contribution in [0.2, 0.25) is 0 Å². The van der Waals surface area contributed by atoms with Crippen molar-refractivity contribution in [1.29, 1.82) is 0 Å². The van der Waals surface area contributed by atoms with E-state index in [1.165, 1.54) is 0 Å². The first-order chi connectivity index (χ1) is 11.6. The SMILES string of the molecule is CCC(C)N(Cc1ccncc1)C(=O)c1cccc(OC)c1OC. The third-order valence-electron chi connectivity index (χ3n) is 4.12. The number of aromatic nitrogens is 1. The summed E-state index contributed by atoms with van der Waals surface area (Å²) in [5, 5.41) is 0. The number of hydrogen-bond acceptors (Lipinski definition) is 4. The summed E-state index contributed by atoms with van der Waals surface area (Å²) in [5.74, 6) is 0.946. The lowest BCUT2D eigenvalue weighted by Gasteiger charge is -2.29. The minimum Gasteiger partial charge on any atom is -0.493 e. The third-order valence-corrected chi connectivity index (χ3v) is 4.12. The van der Waals surface area contributed by atoms with Crippen LogP contribution >= 0.6 is 0 Å². The number of methoxy groups -OCH3 is 2. The van der Waals surface area contributed by atoms with E-state index < -0.39 is 0 Å². The average molecular weight is 328 g/mol. The summed E-state index contributed by atoms with van der Waals surface area (Å²) in [6.45, 7) is 4.64. The molecule has 0 aliphatic carbocycles. The fraction of sp³-hybridized carbons (Fsp3) is 0.368. The van der Waals surface area contributed by atoms with E-state index in [1.807, 2.05) is 24.0 Å². The molecule has 1 aromatic carbocycles. The summed E-state index contributed by atoms with van der Waals surface area (Å²) in [5.41, 5.74) is 1.55. The molecule has 24 heavy (non-hydrogen) atoms. The number of carbonyl (C=O) groups is 1. The first-order valence-corrected chi connectivity index (χ1v) is 8.03. The summed E-state index contributed by atoms with van der Waals surface area (Å²) in [7, 11) is 3.11. The van der Waals surface area contributed by atoms with E-state index in [0.29, 0.717) is 23.6 Å². The van der Waals surface area contributed by atoms with Crippen LogP contribution in [0.5, 0.6) is 11.5 Å². The number of rotatable bonds is 7. The fourth-order valence-electron chi connectivity index (χ4n) is 2.54. The van der Waals surface area contributed by atoms with Gasteiger partial charge in [-0.25, -0.2) is 0 Å². The van der Waals surface area contributed by atoms with E-state index in [0.717, 1.165) is 12.0 Å². The molecule has 5 heteroatoms. The molecule has 0 saturated carbocycles. The van der Waals surface area contributed by atoms with E-state index in [2.05, 4.69) is 11.9 Å². The second-order valence-electron chi connectivity index (χ2n) is 5.59. The zero-order valence-corrected chi connectivity index (χ0v) is 14.7. The molecule has 0 fully saturated rings. The molecular formula is C19H24N2O3. The smallest absolute Gasteiger partial charge is 0.258 e. The molecule has 5 nitrogen and oxygen atoms in total. The molecule has 0 radical (unpaired) electrons. The summed E-state index contributed by atoms with van der Waals surface area (Å²) in [4.78, 5) is 19.1. The van der Waals surface area contributed by atoms with Gasteiger partial charge in [-0.15, -0.1) is 0 Å². The van der Waals surface area contributed by atoms with Gasteiger partial charge in [-0.1, -0.05) is 13.0 Å². The fourth-order valence-corrected chi connectivity index (χ4v) is 2.54. The maximum Gasteiger partial charge on any atom is 0.258 e. The zero-order valence-electron chi connectivity index (χ0n) is 14.7. The van der Waals surface area contributed by atoms with Crippen molar-refractivity contribution in [3.63, 3.8) is 0 Å². The van der Waals surface area contributed by atoms with Crippen LogP contribution in [-0.2, 0) is 6.54 Å². The lowest BCUT2D eigenvalue weighted by molar-refractivity contribution is 0.0667. The largest absolute Gasteiger partial charge is 0.493 e. The zero-order chi connectivity index (χ0) is 17.5. The second kappa shape index (κ2) is 8.34. The van der Waals surface area contributed by atoms with Crippen LogP contribution in [0.15, 0.2) is 42.7 Å². The Hall–Kier alpha value is -2.56. The molecule has 0 N–H and O–H groups in total. The highest BCUT2D eigenvalue weighted by Gasteiger charge is 2.25. The van der Waals surface area contributed by atoms with E-state index in [1.54, 1.807) is 44.8 Å². The molecule has 0 bridgehead atoms. The monoisotopic (exact) mass is 328 g/mol. The van der Waals surface area contributed by atoms with Crippen molar-refractivity contribution in [2.24, 2.45) is 0 Å². The Balaban J connectivity index is 2.38. The Bertz CT molecular complexity index is 674. The van der Waals surface area contributed by atoms with E-state index in [9.17, 15) is 4.79 Å². The molecule has 1 unspecified atom stereocenters. The van der Waals surface area contributed by atoms with Crippen LogP contribution in [0.4, 0.5) is 0 Å². The van der Waals surface area contributed by atoms with Gasteiger partial charge in [0.15, 0.2) is 11.5 Å². The molecule has 1 aromatic heterocycles. The number of amides is 1. The number of benzene rings is 1. The molecule has 2 rings (SSSR count). The van der Waals surface area contributed by atoms with Gasteiger partial charge >= 0.3 is 0 Å². The summed E-state index contributed by atoms with van der Waals surface area (Å²) in [6.07, 6.45) is 4.34. The van der Waals surface area contributed by atoms with Crippen molar-refractivity contribution in [2.75, 3.05) is 14.2 Å². The van der Waals surface area contributed by atoms with Crippen LogP contribution < -0.4 is 9.47 Å². The number of carbonyl (C=O) groups excluding carboxylic acids is 1. The minimum absolute atomic E-state index is 0.0723. The molecule has 128 valence electrons. The number of pyridine rings is 1. The van der Waals surface area contributed by atoms with E-state index in [4.69, 9.17) is 9.47 Å². The molecule has 1 heterocycles. The first-order valence-electron chi connectivity index (χ1n) is 8.03. The highest BCUT2D eigenvalue weighted by atomic mass is 16.5. The standard InChI is InChI=1S/C19H24N2O3/c1-5-14(2)21(13-15-9-11-20-12-10-15)19(22)16-7-6-8-17(23-3)18(16)24-4/h6-12,14H,5,13H2,1-4H3. The van der Waals surface area contributed by atoms with Crippen molar-refractivity contribution < 1.29 is 14.3 Å². The highest BCUT2D eigenvalue weighted by Crippen LogP contribution is 2.32. The van der Waals surface area contributed by atoms with Crippen LogP contribution in [0.25, 0.3) is 0 Å². The Morgan fingerprint density at radius 2 is 1.88 bits per heavy atom. The topological polar surface area (TPSA) is 51.7 Å². The van der Waals surface area contributed by atoms with Crippen LogP contribution in [0.3, 0.4) is 0 Å². The molecule has 1 amide bonds. The average Bonchev–Trinajstić information content (AvgIpc) is 2.64. The van der Waals surface area contributed by atoms with E-state index in [-0.39, 0.29) is 11.9 Å². The van der Waals surface area contributed by atoms with Crippen molar-refractivity contribution in [1.82, 2.24) is 9.88 Å². The number of ether oxygens (including phenoxy) is 2. The summed E-state index contributed by atoms with van der Waals surface area (Å²) >= 11 is 0. The van der Waals surface area contributed by atoms with Crippen molar-refractivity contribution in [3.8, 4) is 11.5 Å². The van der Waals surface area contributed by atoms with Gasteiger partial charge in [0.25, 0.3) is 5.91 Å². The quantitative estimate of drug-likeness (QED) is 0.780. The summed E-state index contributed by atoms with van der Waals surface area (Å²) in [6, 6.07) is 9.30. The molecule has 0 aliphatic heterocycles. The molecular weight excluding hydrogens is 304 g/mol. The maximum atomic E-state index is 13.2. The van der Waals surface area contributed by atoms with Crippen LogP contribution in [0, 0.1) is 0 Å². The Labute approximate surface area is 143 Å². The second-order valence-corrected chi connectivity index (χ2v) is 5.59. The van der Waals surface area contributed by atoms with Crippen molar-refractivity contribution >= 4 is 5.91 Å². The maximum absolute atomic E-state index is 13.2. The molecule has 0 aliphatic rings. The van der Waals surface area contributed by atoms with Crippen LogP contribution in [0.1, 0.15) is 36.2 Å². The molecule has 2 aromatic rings. The minimum atomic E-state index is -0.0723. The van der Waals surface area contributed by atoms with Crippen molar-refractivity contribution in [3.05, 3.63) is 53.9 Å². The van der Waals surface area contributed by atoms with Crippen molar-refractivity contribution in [2.45, 2.75) is 32.9 Å². The predicted octanol–water partition coefficient (Wildman–Crippen LogP) is 3.54. The van der Waals surface area contributed by atoms with Gasteiger partial charge in [0, 0.05) is 25.0 Å². The highest BCUT2D eigenvalue weighted by molar-refractivity contribution is 5.98. The van der Waals surface area contributed by atoms with Gasteiger partial charge in [0.05, 0.1) is 19.8 Å². The third kappa shape index (κ3) is 3.85. The molecule has 0 saturated heterocycles. The summed E-state index contributed by atoms with van der Waals surface area (Å²) < 4.78 is 10.7. The lowest BCUT2D eigenvalue weighted by atomic mass is 10.1. The van der Waals surface area contributed by atoms with E-state index >= 15 is 0 Å². The van der Waals surface area contributed by atoms with Gasteiger partial charge in [0.2, 0.25) is 0 Å². The van der Waals surface area contributed by atoms with Gasteiger partial charge in [-0.2, -0.15) is 0 Å². The Morgan fingerprint density at radius 1 is 1.17 bits per heavy atom. The Kier molecular flexibility index (Phi) is 6.18. The molecule has 1 atom stereocenters. The lowest BCUT2D eigenvalue weighted by Crippen LogP contribution is -2.38. The van der Waals surface area contributed by atoms with Gasteiger partial charge in [0.1, 0.15) is 0 Å². The number of hydrogen-bond donors (Lipinski definition) is 0.